The Balaban J connectivity index is 2.03. The smallest absolute Gasteiger partial charge is 0.150 e. The van der Waals surface area contributed by atoms with Crippen molar-refractivity contribution in [2.24, 2.45) is 0 Å². The van der Waals surface area contributed by atoms with E-state index in [-0.39, 0.29) is 11.3 Å². The van der Waals surface area contributed by atoms with Crippen molar-refractivity contribution in [2.75, 3.05) is 12.1 Å². The lowest BCUT2D eigenvalue weighted by molar-refractivity contribution is 0.324. The molecule has 0 bridgehead atoms. The molecular weight excluding hydrogens is 286 g/mol. The summed E-state index contributed by atoms with van der Waals surface area (Å²) in [5.74, 6) is 0.618. The third kappa shape index (κ3) is 3.92. The lowest BCUT2D eigenvalue weighted by Crippen LogP contribution is -2.29. The average molecular weight is 306 g/mol. The number of aromatic nitrogens is 3. The van der Waals surface area contributed by atoms with Crippen molar-refractivity contribution >= 4 is 21.4 Å². The summed E-state index contributed by atoms with van der Waals surface area (Å²) in [4.78, 5) is 0. The van der Waals surface area contributed by atoms with Crippen LogP contribution in [0.15, 0.2) is 6.20 Å². The second-order valence-electron chi connectivity index (χ2n) is 5.25. The number of alkyl halides is 1. The molecule has 0 spiro atoms. The second kappa shape index (κ2) is 6.22. The molecule has 1 aromatic rings. The van der Waals surface area contributed by atoms with Gasteiger partial charge in [0, 0.05) is 18.3 Å². The molecule has 0 aromatic carbocycles. The van der Waals surface area contributed by atoms with E-state index < -0.39 is 9.84 Å². The van der Waals surface area contributed by atoms with Crippen LogP contribution in [0.5, 0.6) is 0 Å². The molecule has 0 amide bonds. The third-order valence-corrected chi connectivity index (χ3v) is 5.61. The quantitative estimate of drug-likeness (QED) is 0.780. The van der Waals surface area contributed by atoms with Crippen LogP contribution in [-0.2, 0) is 16.3 Å². The van der Waals surface area contributed by atoms with Gasteiger partial charge in [0.15, 0.2) is 0 Å². The van der Waals surface area contributed by atoms with Crippen molar-refractivity contribution in [1.29, 1.82) is 0 Å². The van der Waals surface area contributed by atoms with Gasteiger partial charge >= 0.3 is 0 Å². The third-order valence-electron chi connectivity index (χ3n) is 3.70. The van der Waals surface area contributed by atoms with Gasteiger partial charge in [0.05, 0.1) is 17.0 Å². The van der Waals surface area contributed by atoms with E-state index in [1.807, 2.05) is 10.9 Å². The topological polar surface area (TPSA) is 64.8 Å². The highest BCUT2D eigenvalue weighted by Gasteiger charge is 2.30. The SMILES string of the molecule is CS(=O)(=O)C1CCCC(n2cc(CCCCl)nn2)C1. The van der Waals surface area contributed by atoms with Crippen LogP contribution in [0.1, 0.15) is 43.8 Å². The van der Waals surface area contributed by atoms with Crippen LogP contribution in [-0.4, -0.2) is 40.8 Å². The minimum Gasteiger partial charge on any atom is -0.249 e. The molecule has 1 aliphatic rings. The molecule has 2 atom stereocenters. The highest BCUT2D eigenvalue weighted by Crippen LogP contribution is 2.31. The zero-order valence-corrected chi connectivity index (χ0v) is 12.7. The zero-order valence-electron chi connectivity index (χ0n) is 11.1. The summed E-state index contributed by atoms with van der Waals surface area (Å²) in [6.07, 6.45) is 8.29. The first-order valence-electron chi connectivity index (χ1n) is 6.66. The molecule has 1 saturated carbocycles. The van der Waals surface area contributed by atoms with Crippen molar-refractivity contribution in [3.05, 3.63) is 11.9 Å². The van der Waals surface area contributed by atoms with E-state index in [0.717, 1.165) is 37.8 Å². The number of hydrogen-bond acceptors (Lipinski definition) is 4. The van der Waals surface area contributed by atoms with E-state index in [1.54, 1.807) is 0 Å². The van der Waals surface area contributed by atoms with Gasteiger partial charge < -0.3 is 0 Å². The molecule has 1 aliphatic carbocycles. The van der Waals surface area contributed by atoms with Gasteiger partial charge in [-0.25, -0.2) is 13.1 Å². The van der Waals surface area contributed by atoms with Gasteiger partial charge in [0.2, 0.25) is 0 Å². The molecule has 7 heteroatoms. The number of sulfone groups is 1. The molecule has 2 rings (SSSR count). The van der Waals surface area contributed by atoms with E-state index in [0.29, 0.717) is 12.3 Å². The largest absolute Gasteiger partial charge is 0.249 e. The molecule has 108 valence electrons. The summed E-state index contributed by atoms with van der Waals surface area (Å²) < 4.78 is 25.1. The molecule has 1 aromatic heterocycles. The predicted octanol–water partition coefficient (Wildman–Crippen LogP) is 1.98. The minimum absolute atomic E-state index is 0.158. The lowest BCUT2D eigenvalue weighted by Gasteiger charge is -2.27. The van der Waals surface area contributed by atoms with Gasteiger partial charge in [-0.15, -0.1) is 16.7 Å². The summed E-state index contributed by atoms with van der Waals surface area (Å²) in [6.45, 7) is 0. The molecular formula is C12H20ClN3O2S. The average Bonchev–Trinajstić information content (AvgIpc) is 2.84. The minimum atomic E-state index is -2.95. The van der Waals surface area contributed by atoms with Crippen molar-refractivity contribution in [3.63, 3.8) is 0 Å². The van der Waals surface area contributed by atoms with Crippen LogP contribution in [0.25, 0.3) is 0 Å². The van der Waals surface area contributed by atoms with E-state index in [2.05, 4.69) is 10.3 Å². The van der Waals surface area contributed by atoms with E-state index in [1.165, 1.54) is 6.26 Å². The van der Waals surface area contributed by atoms with Crippen LogP contribution in [0.3, 0.4) is 0 Å². The van der Waals surface area contributed by atoms with Crippen LogP contribution < -0.4 is 0 Å². The molecule has 1 fully saturated rings. The van der Waals surface area contributed by atoms with Crippen LogP contribution in [0, 0.1) is 0 Å². The van der Waals surface area contributed by atoms with E-state index in [9.17, 15) is 8.42 Å². The Morgan fingerprint density at radius 1 is 1.47 bits per heavy atom. The summed E-state index contributed by atoms with van der Waals surface area (Å²) in [5.41, 5.74) is 0.933. The fourth-order valence-corrected chi connectivity index (χ4v) is 3.90. The Morgan fingerprint density at radius 2 is 2.26 bits per heavy atom. The van der Waals surface area contributed by atoms with Gasteiger partial charge in [-0.3, -0.25) is 0 Å². The molecule has 2 unspecified atom stereocenters. The van der Waals surface area contributed by atoms with Gasteiger partial charge in [-0.2, -0.15) is 0 Å². The summed E-state index contributed by atoms with van der Waals surface area (Å²) in [5, 5.41) is 8.02. The summed E-state index contributed by atoms with van der Waals surface area (Å²) in [6, 6.07) is 0.158. The first-order valence-corrected chi connectivity index (χ1v) is 9.15. The van der Waals surface area contributed by atoms with Crippen LogP contribution in [0.4, 0.5) is 0 Å². The fraction of sp³-hybridized carbons (Fsp3) is 0.833. The van der Waals surface area contributed by atoms with Gasteiger partial charge in [0.1, 0.15) is 9.84 Å². The molecule has 0 saturated heterocycles. The maximum atomic E-state index is 11.6. The van der Waals surface area contributed by atoms with E-state index in [4.69, 9.17) is 11.6 Å². The van der Waals surface area contributed by atoms with E-state index >= 15 is 0 Å². The highest BCUT2D eigenvalue weighted by atomic mass is 35.5. The first kappa shape index (κ1) is 14.8. The Hall–Kier alpha value is -0.620. The van der Waals surface area contributed by atoms with Crippen molar-refractivity contribution in [1.82, 2.24) is 15.0 Å². The Labute approximate surface area is 119 Å². The van der Waals surface area contributed by atoms with Gasteiger partial charge in [0.25, 0.3) is 0 Å². The zero-order chi connectivity index (χ0) is 13.9. The van der Waals surface area contributed by atoms with Crippen molar-refractivity contribution in [2.45, 2.75) is 49.8 Å². The van der Waals surface area contributed by atoms with Crippen LogP contribution >= 0.6 is 11.6 Å². The standard InChI is InChI=1S/C12H20ClN3O2S/c1-19(17,18)12-6-2-5-11(8-12)16-9-10(14-15-16)4-3-7-13/h9,11-12H,2-8H2,1H3. The van der Waals surface area contributed by atoms with Crippen molar-refractivity contribution in [3.8, 4) is 0 Å². The molecule has 1 heterocycles. The molecule has 19 heavy (non-hydrogen) atoms. The Morgan fingerprint density at radius 3 is 2.95 bits per heavy atom. The second-order valence-corrected chi connectivity index (χ2v) is 7.96. The maximum Gasteiger partial charge on any atom is 0.150 e. The number of hydrogen-bond donors (Lipinski definition) is 0. The molecule has 5 nitrogen and oxygen atoms in total. The normalized spacial score (nSPS) is 24.5. The number of aryl methyl sites for hydroxylation is 1. The fourth-order valence-electron chi connectivity index (χ4n) is 2.60. The van der Waals surface area contributed by atoms with Crippen LogP contribution in [0.2, 0.25) is 0 Å². The predicted molar refractivity (Wildman–Crippen MR) is 75.2 cm³/mol. The summed E-state index contributed by atoms with van der Waals surface area (Å²) in [7, 11) is -2.95. The number of nitrogens with zero attached hydrogens (tertiary/aromatic N) is 3. The summed E-state index contributed by atoms with van der Waals surface area (Å²) >= 11 is 5.65. The first-order chi connectivity index (χ1) is 9.00. The lowest BCUT2D eigenvalue weighted by atomic mass is 9.95. The molecule has 0 N–H and O–H groups in total. The highest BCUT2D eigenvalue weighted by molar-refractivity contribution is 7.91. The Bertz CT molecular complexity index is 515. The van der Waals surface area contributed by atoms with Gasteiger partial charge in [-0.05, 0) is 32.1 Å². The Kier molecular flexibility index (Phi) is 4.84. The van der Waals surface area contributed by atoms with Gasteiger partial charge in [-0.1, -0.05) is 11.6 Å². The van der Waals surface area contributed by atoms with Crippen molar-refractivity contribution < 1.29 is 8.42 Å². The molecule has 0 radical (unpaired) electrons. The number of rotatable bonds is 5. The number of halogens is 1. The maximum absolute atomic E-state index is 11.6. The monoisotopic (exact) mass is 305 g/mol. The molecule has 0 aliphatic heterocycles.